The number of methoxy groups -OCH3 is 1. The van der Waals surface area contributed by atoms with Crippen molar-refractivity contribution in [2.75, 3.05) is 25.6 Å². The van der Waals surface area contributed by atoms with E-state index in [0.29, 0.717) is 25.0 Å². The first-order chi connectivity index (χ1) is 9.63. The number of rotatable bonds is 4. The zero-order valence-electron chi connectivity index (χ0n) is 12.0. The first kappa shape index (κ1) is 15.6. The van der Waals surface area contributed by atoms with Gasteiger partial charge in [-0.3, -0.25) is 4.90 Å². The second-order valence-electron chi connectivity index (χ2n) is 5.47. The lowest BCUT2D eigenvalue weighted by molar-refractivity contribution is -0.149. The van der Waals surface area contributed by atoms with E-state index in [2.05, 4.69) is 15.9 Å². The van der Waals surface area contributed by atoms with E-state index in [9.17, 15) is 9.59 Å². The van der Waals surface area contributed by atoms with Crippen LogP contribution in [0.4, 0.5) is 4.79 Å². The summed E-state index contributed by atoms with van der Waals surface area (Å²) >= 11 is 3.48. The molecule has 1 heterocycles. The Morgan fingerprint density at radius 1 is 1.35 bits per heavy atom. The van der Waals surface area contributed by atoms with E-state index in [1.165, 1.54) is 7.11 Å². The van der Waals surface area contributed by atoms with E-state index in [4.69, 9.17) is 9.47 Å². The third-order valence-electron chi connectivity index (χ3n) is 4.55. The lowest BCUT2D eigenvalue weighted by Gasteiger charge is -2.28. The van der Waals surface area contributed by atoms with Gasteiger partial charge in [-0.1, -0.05) is 15.9 Å². The maximum Gasteiger partial charge on any atom is 0.410 e. The van der Waals surface area contributed by atoms with Crippen LogP contribution in [0, 0.1) is 17.8 Å². The molecule has 4 atom stereocenters. The van der Waals surface area contributed by atoms with Gasteiger partial charge in [-0.15, -0.1) is 0 Å². The number of nitrogens with zero attached hydrogens (tertiary/aromatic N) is 1. The predicted octanol–water partition coefficient (Wildman–Crippen LogP) is 2.43. The molecule has 0 aromatic heterocycles. The SMILES string of the molecule is CCOC(=O)C1C2C(CCBr)CCC2CN1C(=O)OC. The van der Waals surface area contributed by atoms with E-state index in [0.717, 1.165) is 24.6 Å². The van der Waals surface area contributed by atoms with Crippen molar-refractivity contribution >= 4 is 28.0 Å². The normalized spacial score (nSPS) is 32.0. The minimum Gasteiger partial charge on any atom is -0.464 e. The topological polar surface area (TPSA) is 55.8 Å². The monoisotopic (exact) mass is 347 g/mol. The van der Waals surface area contributed by atoms with Crippen molar-refractivity contribution in [1.29, 1.82) is 0 Å². The van der Waals surface area contributed by atoms with Gasteiger partial charge in [0.25, 0.3) is 0 Å². The van der Waals surface area contributed by atoms with E-state index >= 15 is 0 Å². The van der Waals surface area contributed by atoms with Crippen molar-refractivity contribution in [3.63, 3.8) is 0 Å². The molecule has 0 bridgehead atoms. The minimum absolute atomic E-state index is 0.214. The number of likely N-dealkylation sites (tertiary alicyclic amines) is 1. The van der Waals surface area contributed by atoms with Gasteiger partial charge in [0.05, 0.1) is 13.7 Å². The van der Waals surface area contributed by atoms with Crippen molar-refractivity contribution < 1.29 is 19.1 Å². The summed E-state index contributed by atoms with van der Waals surface area (Å²) in [6.45, 7) is 2.74. The van der Waals surface area contributed by atoms with E-state index in [1.54, 1.807) is 11.8 Å². The van der Waals surface area contributed by atoms with E-state index in [-0.39, 0.29) is 11.9 Å². The third kappa shape index (κ3) is 2.80. The fraction of sp³-hybridized carbons (Fsp3) is 0.857. The first-order valence-corrected chi connectivity index (χ1v) is 8.33. The molecule has 0 radical (unpaired) electrons. The van der Waals surface area contributed by atoms with Crippen LogP contribution in [0.3, 0.4) is 0 Å². The minimum atomic E-state index is -0.473. The second kappa shape index (κ2) is 6.78. The van der Waals surface area contributed by atoms with Crippen LogP contribution in [0.15, 0.2) is 0 Å². The van der Waals surface area contributed by atoms with Gasteiger partial charge in [-0.2, -0.15) is 0 Å². The molecule has 0 aromatic rings. The number of alkyl halides is 1. The molecule has 1 amide bonds. The number of hydrogen-bond donors (Lipinski definition) is 0. The number of amides is 1. The summed E-state index contributed by atoms with van der Waals surface area (Å²) in [4.78, 5) is 25.8. The molecule has 2 rings (SSSR count). The number of halogens is 1. The van der Waals surface area contributed by atoms with Crippen LogP contribution in [-0.4, -0.2) is 48.6 Å². The molecule has 6 heteroatoms. The zero-order chi connectivity index (χ0) is 14.7. The highest BCUT2D eigenvalue weighted by Gasteiger charge is 2.54. The Balaban J connectivity index is 2.21. The average molecular weight is 348 g/mol. The Morgan fingerprint density at radius 2 is 2.10 bits per heavy atom. The van der Waals surface area contributed by atoms with E-state index in [1.807, 2.05) is 0 Å². The fourth-order valence-corrected chi connectivity index (χ4v) is 4.38. The Labute approximate surface area is 128 Å². The van der Waals surface area contributed by atoms with Crippen LogP contribution in [0.25, 0.3) is 0 Å². The van der Waals surface area contributed by atoms with Crippen molar-refractivity contribution in [2.45, 2.75) is 32.2 Å². The zero-order valence-corrected chi connectivity index (χ0v) is 13.6. The molecular formula is C14H22BrNO4. The quantitative estimate of drug-likeness (QED) is 0.578. The molecule has 2 fully saturated rings. The third-order valence-corrected chi connectivity index (χ3v) is 5.00. The van der Waals surface area contributed by atoms with Gasteiger partial charge >= 0.3 is 12.1 Å². The molecule has 1 saturated carbocycles. The Morgan fingerprint density at radius 3 is 2.70 bits per heavy atom. The van der Waals surface area contributed by atoms with Crippen molar-refractivity contribution in [1.82, 2.24) is 4.90 Å². The van der Waals surface area contributed by atoms with E-state index < -0.39 is 12.1 Å². The summed E-state index contributed by atoms with van der Waals surface area (Å²) in [7, 11) is 1.36. The van der Waals surface area contributed by atoms with Crippen LogP contribution in [0.5, 0.6) is 0 Å². The molecule has 1 aliphatic heterocycles. The lowest BCUT2D eigenvalue weighted by Crippen LogP contribution is -2.45. The maximum atomic E-state index is 12.3. The van der Waals surface area contributed by atoms with Crippen LogP contribution in [0.2, 0.25) is 0 Å². The molecular weight excluding hydrogens is 326 g/mol. The second-order valence-corrected chi connectivity index (χ2v) is 6.26. The molecule has 2 aliphatic rings. The standard InChI is InChI=1S/C14H22BrNO4/c1-3-20-13(17)12-11-9(6-7-15)4-5-10(11)8-16(12)14(18)19-2/h9-12H,3-8H2,1-2H3. The summed E-state index contributed by atoms with van der Waals surface area (Å²) in [5.41, 5.74) is 0. The number of carbonyl (C=O) groups excluding carboxylic acids is 2. The molecule has 1 aliphatic carbocycles. The summed E-state index contributed by atoms with van der Waals surface area (Å²) in [5.74, 6) is 0.800. The molecule has 0 aromatic carbocycles. The van der Waals surface area contributed by atoms with Crippen molar-refractivity contribution in [3.8, 4) is 0 Å². The lowest BCUT2D eigenvalue weighted by atomic mass is 9.85. The van der Waals surface area contributed by atoms with Gasteiger partial charge in [-0.25, -0.2) is 9.59 Å². The Kier molecular flexibility index (Phi) is 5.29. The van der Waals surface area contributed by atoms with Crippen LogP contribution < -0.4 is 0 Å². The number of fused-ring (bicyclic) bond motifs is 1. The summed E-state index contributed by atoms with van der Waals surface area (Å²) in [6, 6.07) is -0.473. The predicted molar refractivity (Wildman–Crippen MR) is 77.6 cm³/mol. The molecule has 4 unspecified atom stereocenters. The van der Waals surface area contributed by atoms with Gasteiger partial charge in [0.2, 0.25) is 0 Å². The van der Waals surface area contributed by atoms with Crippen LogP contribution in [-0.2, 0) is 14.3 Å². The molecule has 114 valence electrons. The number of ether oxygens (including phenoxy) is 2. The molecule has 0 N–H and O–H groups in total. The smallest absolute Gasteiger partial charge is 0.410 e. The maximum absolute atomic E-state index is 12.3. The molecule has 20 heavy (non-hydrogen) atoms. The van der Waals surface area contributed by atoms with Gasteiger partial charge in [-0.05, 0) is 43.9 Å². The Hall–Kier alpha value is -0.780. The van der Waals surface area contributed by atoms with Gasteiger partial charge < -0.3 is 9.47 Å². The largest absolute Gasteiger partial charge is 0.464 e. The molecule has 1 saturated heterocycles. The van der Waals surface area contributed by atoms with Gasteiger partial charge in [0.15, 0.2) is 0 Å². The van der Waals surface area contributed by atoms with Gasteiger partial charge in [0.1, 0.15) is 6.04 Å². The van der Waals surface area contributed by atoms with Crippen LogP contribution in [0.1, 0.15) is 26.2 Å². The Bertz CT molecular complexity index is 374. The highest BCUT2D eigenvalue weighted by atomic mass is 79.9. The van der Waals surface area contributed by atoms with Crippen LogP contribution >= 0.6 is 15.9 Å². The first-order valence-electron chi connectivity index (χ1n) is 7.21. The number of esters is 1. The van der Waals surface area contributed by atoms with Crippen molar-refractivity contribution in [2.24, 2.45) is 17.8 Å². The highest BCUT2D eigenvalue weighted by molar-refractivity contribution is 9.09. The summed E-state index contributed by atoms with van der Waals surface area (Å²) in [5, 5.41) is 0.925. The summed E-state index contributed by atoms with van der Waals surface area (Å²) in [6.07, 6.45) is 2.82. The average Bonchev–Trinajstić information content (AvgIpc) is 2.98. The highest BCUT2D eigenvalue weighted by Crippen LogP contribution is 2.48. The van der Waals surface area contributed by atoms with Gasteiger partial charge in [0, 0.05) is 11.9 Å². The number of carbonyl (C=O) groups is 2. The van der Waals surface area contributed by atoms with Crippen molar-refractivity contribution in [3.05, 3.63) is 0 Å². The summed E-state index contributed by atoms with van der Waals surface area (Å²) < 4.78 is 10.0. The number of hydrogen-bond acceptors (Lipinski definition) is 4. The fourth-order valence-electron chi connectivity index (χ4n) is 3.79. The molecule has 5 nitrogen and oxygen atoms in total. The molecule has 0 spiro atoms.